The van der Waals surface area contributed by atoms with Gasteiger partial charge in [-0.15, -0.1) is 0 Å². The Morgan fingerprint density at radius 1 is 1.35 bits per heavy atom. The third kappa shape index (κ3) is 3.71. The first kappa shape index (κ1) is 15.7. The normalized spacial score (nSPS) is 29.1. The van der Waals surface area contributed by atoms with Gasteiger partial charge in [0.25, 0.3) is 0 Å². The van der Waals surface area contributed by atoms with E-state index in [1.807, 2.05) is 13.8 Å². The molecule has 116 valence electrons. The summed E-state index contributed by atoms with van der Waals surface area (Å²) in [7, 11) is 0. The lowest BCUT2D eigenvalue weighted by Crippen LogP contribution is -2.60. The van der Waals surface area contributed by atoms with Gasteiger partial charge in [-0.3, -0.25) is 9.69 Å². The molecule has 3 unspecified atom stereocenters. The number of hydrogen-bond donors (Lipinski definition) is 1. The first-order valence-corrected chi connectivity index (χ1v) is 7.87. The van der Waals surface area contributed by atoms with Gasteiger partial charge in [0.2, 0.25) is 0 Å². The molecule has 20 heavy (non-hydrogen) atoms. The van der Waals surface area contributed by atoms with Crippen LogP contribution in [0.15, 0.2) is 0 Å². The minimum absolute atomic E-state index is 0.146. The minimum atomic E-state index is -0.622. The fraction of sp³-hybridized carbons (Fsp3) is 0.933. The second kappa shape index (κ2) is 6.87. The maximum atomic E-state index is 12.3. The molecule has 2 aliphatic heterocycles. The van der Waals surface area contributed by atoms with Gasteiger partial charge in [0.15, 0.2) is 0 Å². The van der Waals surface area contributed by atoms with Crippen LogP contribution in [0.4, 0.5) is 0 Å². The topological polar surface area (TPSA) is 50.8 Å². The lowest BCUT2D eigenvalue weighted by atomic mass is 10.0. The molecule has 2 fully saturated rings. The number of esters is 1. The summed E-state index contributed by atoms with van der Waals surface area (Å²) < 4.78 is 11.1. The smallest absolute Gasteiger partial charge is 0.327 e. The van der Waals surface area contributed by atoms with Gasteiger partial charge in [0, 0.05) is 19.6 Å². The number of carbonyl (C=O) groups is 1. The van der Waals surface area contributed by atoms with Crippen LogP contribution in [0.3, 0.4) is 0 Å². The first-order valence-electron chi connectivity index (χ1n) is 7.87. The van der Waals surface area contributed by atoms with Gasteiger partial charge in [-0.25, -0.2) is 0 Å². The zero-order valence-electron chi connectivity index (χ0n) is 13.0. The van der Waals surface area contributed by atoms with E-state index < -0.39 is 5.54 Å². The Morgan fingerprint density at radius 3 is 2.55 bits per heavy atom. The molecule has 0 aromatic carbocycles. The molecule has 2 saturated heterocycles. The van der Waals surface area contributed by atoms with Crippen molar-refractivity contribution in [3.05, 3.63) is 0 Å². The van der Waals surface area contributed by atoms with Gasteiger partial charge < -0.3 is 14.8 Å². The summed E-state index contributed by atoms with van der Waals surface area (Å²) in [6.45, 7) is 9.72. The second-order valence-corrected chi connectivity index (χ2v) is 6.13. The van der Waals surface area contributed by atoms with Gasteiger partial charge in [0.05, 0.1) is 18.8 Å². The van der Waals surface area contributed by atoms with Crippen LogP contribution in [0.25, 0.3) is 0 Å². The number of morpholine rings is 1. The van der Waals surface area contributed by atoms with Crippen molar-refractivity contribution in [2.24, 2.45) is 0 Å². The minimum Gasteiger partial charge on any atom is -0.465 e. The van der Waals surface area contributed by atoms with Crippen LogP contribution < -0.4 is 5.32 Å². The van der Waals surface area contributed by atoms with Crippen LogP contribution in [0.1, 0.15) is 40.0 Å². The molecule has 2 aliphatic rings. The van der Waals surface area contributed by atoms with Gasteiger partial charge in [-0.1, -0.05) is 6.92 Å². The number of carbonyl (C=O) groups excluding carboxylic acids is 1. The van der Waals surface area contributed by atoms with Crippen molar-refractivity contribution in [3.63, 3.8) is 0 Å². The second-order valence-electron chi connectivity index (χ2n) is 6.13. The molecule has 2 rings (SSSR count). The van der Waals surface area contributed by atoms with Crippen molar-refractivity contribution in [2.45, 2.75) is 57.8 Å². The van der Waals surface area contributed by atoms with E-state index >= 15 is 0 Å². The Kier molecular flexibility index (Phi) is 5.41. The lowest BCUT2D eigenvalue weighted by molar-refractivity contribution is -0.152. The molecule has 2 bridgehead atoms. The van der Waals surface area contributed by atoms with E-state index in [0.29, 0.717) is 25.4 Å². The molecule has 0 aliphatic carbocycles. The summed E-state index contributed by atoms with van der Waals surface area (Å²) in [5.74, 6) is -0.146. The Labute approximate surface area is 122 Å². The van der Waals surface area contributed by atoms with Gasteiger partial charge >= 0.3 is 5.97 Å². The summed E-state index contributed by atoms with van der Waals surface area (Å²) in [5, 5.41) is 3.37. The van der Waals surface area contributed by atoms with Crippen molar-refractivity contribution in [1.29, 1.82) is 0 Å². The van der Waals surface area contributed by atoms with Crippen LogP contribution in [-0.4, -0.2) is 61.4 Å². The van der Waals surface area contributed by atoms with Crippen molar-refractivity contribution < 1.29 is 14.3 Å². The van der Waals surface area contributed by atoms with E-state index in [4.69, 9.17) is 9.47 Å². The van der Waals surface area contributed by atoms with Crippen molar-refractivity contribution in [3.8, 4) is 0 Å². The zero-order chi connectivity index (χ0) is 14.6. The molecule has 5 heteroatoms. The quantitative estimate of drug-likeness (QED) is 0.711. The fourth-order valence-corrected chi connectivity index (χ4v) is 3.16. The van der Waals surface area contributed by atoms with E-state index in [1.54, 1.807) is 0 Å². The number of nitrogens with one attached hydrogen (secondary N) is 1. The predicted octanol–water partition coefficient (Wildman–Crippen LogP) is 1.17. The highest BCUT2D eigenvalue weighted by molar-refractivity contribution is 5.80. The van der Waals surface area contributed by atoms with Gasteiger partial charge in [-0.2, -0.15) is 0 Å². The average Bonchev–Trinajstić information content (AvgIpc) is 2.76. The van der Waals surface area contributed by atoms with Crippen LogP contribution in [0.5, 0.6) is 0 Å². The van der Waals surface area contributed by atoms with E-state index in [1.165, 1.54) is 0 Å². The highest BCUT2D eigenvalue weighted by atomic mass is 16.5. The first-order chi connectivity index (χ1) is 9.57. The summed E-state index contributed by atoms with van der Waals surface area (Å²) >= 11 is 0. The largest absolute Gasteiger partial charge is 0.465 e. The molecule has 0 amide bonds. The van der Waals surface area contributed by atoms with Crippen molar-refractivity contribution in [1.82, 2.24) is 10.2 Å². The summed E-state index contributed by atoms with van der Waals surface area (Å²) in [6, 6.07) is 0. The maximum Gasteiger partial charge on any atom is 0.327 e. The van der Waals surface area contributed by atoms with Crippen LogP contribution in [0.2, 0.25) is 0 Å². The molecule has 5 nitrogen and oxygen atoms in total. The van der Waals surface area contributed by atoms with E-state index in [-0.39, 0.29) is 5.97 Å². The summed E-state index contributed by atoms with van der Waals surface area (Å²) in [4.78, 5) is 14.6. The molecule has 3 atom stereocenters. The predicted molar refractivity (Wildman–Crippen MR) is 77.7 cm³/mol. The summed E-state index contributed by atoms with van der Waals surface area (Å²) in [6.07, 6.45) is 4.01. The summed E-state index contributed by atoms with van der Waals surface area (Å²) in [5.41, 5.74) is -0.622. The van der Waals surface area contributed by atoms with E-state index in [2.05, 4.69) is 17.1 Å². The molecule has 0 radical (unpaired) electrons. The van der Waals surface area contributed by atoms with Crippen LogP contribution in [-0.2, 0) is 14.3 Å². The average molecular weight is 284 g/mol. The Balaban J connectivity index is 1.97. The number of nitrogens with zero attached hydrogens (tertiary/aromatic N) is 1. The standard InChI is InChI=1S/C15H28N2O3/c1-4-8-16-15(3,14(18)19-5-2)11-17-9-12-6-7-13(10-17)20-12/h12-13,16H,4-11H2,1-3H3. The highest BCUT2D eigenvalue weighted by Crippen LogP contribution is 2.27. The van der Waals surface area contributed by atoms with Crippen LogP contribution >= 0.6 is 0 Å². The molecule has 0 aromatic heterocycles. The Morgan fingerprint density at radius 2 is 2.00 bits per heavy atom. The Bertz CT molecular complexity index is 325. The monoisotopic (exact) mass is 284 g/mol. The molecule has 1 N–H and O–H groups in total. The van der Waals surface area contributed by atoms with Gasteiger partial charge in [0.1, 0.15) is 5.54 Å². The molecule has 0 spiro atoms. The number of likely N-dealkylation sites (tertiary alicyclic amines) is 1. The van der Waals surface area contributed by atoms with E-state index in [0.717, 1.165) is 38.9 Å². The lowest BCUT2D eigenvalue weighted by Gasteiger charge is -2.38. The molecular formula is C15H28N2O3. The number of fused-ring (bicyclic) bond motifs is 2. The molecular weight excluding hydrogens is 256 g/mol. The third-order valence-corrected chi connectivity index (χ3v) is 4.15. The molecule has 0 saturated carbocycles. The third-order valence-electron chi connectivity index (χ3n) is 4.15. The van der Waals surface area contributed by atoms with Crippen molar-refractivity contribution >= 4 is 5.97 Å². The zero-order valence-corrected chi connectivity index (χ0v) is 13.0. The van der Waals surface area contributed by atoms with E-state index in [9.17, 15) is 4.79 Å². The SMILES string of the molecule is CCCNC(C)(CN1CC2CCC(C1)O2)C(=O)OCC. The number of rotatable bonds is 7. The number of ether oxygens (including phenoxy) is 2. The maximum absolute atomic E-state index is 12.3. The number of hydrogen-bond acceptors (Lipinski definition) is 5. The van der Waals surface area contributed by atoms with Crippen molar-refractivity contribution in [2.75, 3.05) is 32.8 Å². The van der Waals surface area contributed by atoms with Crippen LogP contribution in [0, 0.1) is 0 Å². The highest BCUT2D eigenvalue weighted by Gasteiger charge is 2.40. The molecule has 2 heterocycles. The fourth-order valence-electron chi connectivity index (χ4n) is 3.16. The van der Waals surface area contributed by atoms with Gasteiger partial charge in [-0.05, 0) is 39.7 Å². The molecule has 0 aromatic rings. The Hall–Kier alpha value is -0.650.